The molecule has 2 aliphatic heterocycles. The minimum Gasteiger partial charge on any atom is -0.381 e. The smallest absolute Gasteiger partial charge is 0.251 e. The third kappa shape index (κ3) is 5.30. The van der Waals surface area contributed by atoms with E-state index < -0.39 is 18.1 Å². The van der Waals surface area contributed by atoms with Crippen LogP contribution in [0.15, 0.2) is 30.3 Å². The van der Waals surface area contributed by atoms with E-state index >= 15 is 0 Å². The minimum absolute atomic E-state index is 0.0903. The molecule has 1 aromatic rings. The van der Waals surface area contributed by atoms with Gasteiger partial charge in [0.1, 0.15) is 0 Å². The predicted molar refractivity (Wildman–Crippen MR) is 141 cm³/mol. The molecular formula is C29H40N4O5. The van der Waals surface area contributed by atoms with Gasteiger partial charge in [-0.2, -0.15) is 0 Å². The largest absolute Gasteiger partial charge is 0.381 e. The number of carbonyl (C=O) groups excluding carboxylic acids is 4. The summed E-state index contributed by atoms with van der Waals surface area (Å²) in [4.78, 5) is 48.8. The molecule has 38 heavy (non-hydrogen) atoms. The Morgan fingerprint density at radius 1 is 1.13 bits per heavy atom. The number of hydrogen-bond donors (Lipinski definition) is 4. The van der Waals surface area contributed by atoms with E-state index in [4.69, 9.17) is 0 Å². The van der Waals surface area contributed by atoms with Gasteiger partial charge in [0.2, 0.25) is 18.2 Å². The van der Waals surface area contributed by atoms with Crippen molar-refractivity contribution in [3.8, 4) is 0 Å². The molecule has 9 nitrogen and oxygen atoms in total. The molecule has 0 spiro atoms. The molecule has 2 heterocycles. The highest BCUT2D eigenvalue weighted by atomic mass is 16.3. The standard InChI is InChI=1S/C17H21NO.C12H19N3O4/c1-16(2)13-10-18(11-14(13)16)15(19)17(8-9-17)12-6-4-3-5-7-12;16-6-14-9(5-7-3-4-13-11(7)18)10(17)12(19)15-8-1-2-8/h3-7,13-14H,8-11H2,1-2H3;6-10,17H,1-5H2,(H,13,18)(H,14,16)(H,15,19)/t13-,14?;7-,9-,10?/m10/s1. The molecule has 9 heteroatoms. The fourth-order valence-electron chi connectivity index (χ4n) is 6.36. The summed E-state index contributed by atoms with van der Waals surface area (Å²) in [6.45, 7) is 7.26. The summed E-state index contributed by atoms with van der Waals surface area (Å²) in [5.41, 5.74) is 1.54. The molecule has 4 N–H and O–H groups in total. The Morgan fingerprint density at radius 3 is 2.32 bits per heavy atom. The fourth-order valence-corrected chi connectivity index (χ4v) is 6.36. The Bertz CT molecular complexity index is 1050. The van der Waals surface area contributed by atoms with Crippen LogP contribution < -0.4 is 16.0 Å². The van der Waals surface area contributed by atoms with E-state index in [-0.39, 0.29) is 29.7 Å². The molecule has 3 aliphatic carbocycles. The van der Waals surface area contributed by atoms with Crippen LogP contribution in [-0.4, -0.2) is 72.0 Å². The lowest BCUT2D eigenvalue weighted by atomic mass is 9.94. The maximum absolute atomic E-state index is 12.8. The van der Waals surface area contributed by atoms with Crippen LogP contribution in [0, 0.1) is 23.2 Å². The van der Waals surface area contributed by atoms with Gasteiger partial charge in [-0.3, -0.25) is 19.2 Å². The molecule has 5 atom stereocenters. The maximum atomic E-state index is 12.8. The second-order valence-electron chi connectivity index (χ2n) is 12.3. The van der Waals surface area contributed by atoms with Crippen molar-refractivity contribution in [1.29, 1.82) is 0 Å². The minimum atomic E-state index is -1.32. The first kappa shape index (κ1) is 26.7. The molecule has 1 aromatic carbocycles. The highest BCUT2D eigenvalue weighted by molar-refractivity contribution is 5.91. The normalized spacial score (nSPS) is 29.1. The molecule has 2 unspecified atom stereocenters. The Morgan fingerprint density at radius 2 is 1.79 bits per heavy atom. The summed E-state index contributed by atoms with van der Waals surface area (Å²) < 4.78 is 0. The number of likely N-dealkylation sites (tertiary alicyclic amines) is 1. The number of piperidine rings is 1. The Balaban J connectivity index is 0.000000155. The number of aliphatic hydroxyl groups is 1. The molecule has 0 radical (unpaired) electrons. The average molecular weight is 525 g/mol. The van der Waals surface area contributed by atoms with Gasteiger partial charge < -0.3 is 26.0 Å². The van der Waals surface area contributed by atoms with Gasteiger partial charge in [-0.25, -0.2) is 0 Å². The summed E-state index contributed by atoms with van der Waals surface area (Å²) in [5, 5.41) is 17.8. The van der Waals surface area contributed by atoms with Crippen molar-refractivity contribution in [2.45, 2.75) is 76.0 Å². The number of nitrogens with one attached hydrogen (secondary N) is 3. The first-order valence-electron chi connectivity index (χ1n) is 14.0. The quantitative estimate of drug-likeness (QED) is 0.360. The zero-order chi connectivity index (χ0) is 27.1. The molecule has 3 saturated carbocycles. The monoisotopic (exact) mass is 524 g/mol. The van der Waals surface area contributed by atoms with Gasteiger partial charge in [-0.05, 0) is 61.3 Å². The molecule has 206 valence electrons. The molecule has 6 rings (SSSR count). The van der Waals surface area contributed by atoms with E-state index in [1.165, 1.54) is 5.56 Å². The van der Waals surface area contributed by atoms with Crippen LogP contribution in [0.5, 0.6) is 0 Å². The van der Waals surface area contributed by atoms with Crippen molar-refractivity contribution < 1.29 is 24.3 Å². The number of benzene rings is 1. The molecular weight excluding hydrogens is 484 g/mol. The summed E-state index contributed by atoms with van der Waals surface area (Å²) in [7, 11) is 0. The summed E-state index contributed by atoms with van der Waals surface area (Å²) in [6.07, 6.45) is 3.97. The van der Waals surface area contributed by atoms with Gasteiger partial charge in [0.15, 0.2) is 6.10 Å². The summed E-state index contributed by atoms with van der Waals surface area (Å²) >= 11 is 0. The van der Waals surface area contributed by atoms with Crippen LogP contribution >= 0.6 is 0 Å². The van der Waals surface area contributed by atoms with Crippen LogP contribution in [0.25, 0.3) is 0 Å². The number of rotatable bonds is 9. The third-order valence-corrected chi connectivity index (χ3v) is 9.45. The lowest BCUT2D eigenvalue weighted by Crippen LogP contribution is -2.50. The van der Waals surface area contributed by atoms with Gasteiger partial charge in [-0.1, -0.05) is 44.2 Å². The highest BCUT2D eigenvalue weighted by Crippen LogP contribution is 2.63. The topological polar surface area (TPSA) is 128 Å². The average Bonchev–Trinajstić information content (AvgIpc) is 3.86. The van der Waals surface area contributed by atoms with E-state index in [0.717, 1.165) is 50.6 Å². The number of carbonyl (C=O) groups is 4. The van der Waals surface area contributed by atoms with Gasteiger partial charge in [-0.15, -0.1) is 0 Å². The number of hydrogen-bond acceptors (Lipinski definition) is 5. The summed E-state index contributed by atoms with van der Waals surface area (Å²) in [5.74, 6) is 1.06. The predicted octanol–water partition coefficient (Wildman–Crippen LogP) is 1.10. The third-order valence-electron chi connectivity index (χ3n) is 9.45. The lowest BCUT2D eigenvalue weighted by molar-refractivity contribution is -0.134. The SMILES string of the molecule is CC1(C)C2CN(C(=O)C3(c4ccccc4)CC3)C[C@H]21.O=CN[C@@H](C[C@@H]1CCNC1=O)C(O)C(=O)NC1CC1. The molecule has 5 aliphatic rings. The van der Waals surface area contributed by atoms with E-state index in [1.807, 2.05) is 18.2 Å². The van der Waals surface area contributed by atoms with Crippen LogP contribution in [-0.2, 0) is 24.6 Å². The zero-order valence-electron chi connectivity index (χ0n) is 22.3. The van der Waals surface area contributed by atoms with Crippen molar-refractivity contribution >= 4 is 24.1 Å². The number of amides is 4. The van der Waals surface area contributed by atoms with Gasteiger partial charge in [0.05, 0.1) is 11.5 Å². The van der Waals surface area contributed by atoms with E-state index in [1.54, 1.807) is 0 Å². The maximum Gasteiger partial charge on any atom is 0.251 e. The van der Waals surface area contributed by atoms with Gasteiger partial charge in [0.25, 0.3) is 5.91 Å². The summed E-state index contributed by atoms with van der Waals surface area (Å²) in [6, 6.07) is 9.77. The van der Waals surface area contributed by atoms with Crippen molar-refractivity contribution in [2.24, 2.45) is 23.2 Å². The second-order valence-corrected chi connectivity index (χ2v) is 12.3. The Hall–Kier alpha value is -2.94. The van der Waals surface area contributed by atoms with Crippen molar-refractivity contribution in [3.05, 3.63) is 35.9 Å². The molecule has 4 amide bonds. The van der Waals surface area contributed by atoms with Gasteiger partial charge >= 0.3 is 0 Å². The second kappa shape index (κ2) is 10.3. The number of nitrogens with zero attached hydrogens (tertiary/aromatic N) is 1. The van der Waals surface area contributed by atoms with Crippen LogP contribution in [0.4, 0.5) is 0 Å². The van der Waals surface area contributed by atoms with Crippen molar-refractivity contribution in [3.63, 3.8) is 0 Å². The van der Waals surface area contributed by atoms with Crippen LogP contribution in [0.2, 0.25) is 0 Å². The zero-order valence-corrected chi connectivity index (χ0v) is 22.3. The van der Waals surface area contributed by atoms with Crippen LogP contribution in [0.1, 0.15) is 57.9 Å². The van der Waals surface area contributed by atoms with E-state index in [0.29, 0.717) is 30.7 Å². The Kier molecular flexibility index (Phi) is 7.24. The first-order valence-corrected chi connectivity index (χ1v) is 14.0. The molecule has 5 fully saturated rings. The molecule has 2 saturated heterocycles. The highest BCUT2D eigenvalue weighted by Gasteiger charge is 2.65. The Labute approximate surface area is 224 Å². The van der Waals surface area contributed by atoms with Crippen molar-refractivity contribution in [1.82, 2.24) is 20.9 Å². The van der Waals surface area contributed by atoms with Gasteiger partial charge in [0, 0.05) is 31.6 Å². The lowest BCUT2D eigenvalue weighted by Gasteiger charge is -2.27. The number of fused-ring (bicyclic) bond motifs is 1. The number of aliphatic hydroxyl groups excluding tert-OH is 1. The first-order chi connectivity index (χ1) is 18.2. The van der Waals surface area contributed by atoms with E-state index in [9.17, 15) is 24.3 Å². The van der Waals surface area contributed by atoms with Crippen LogP contribution in [0.3, 0.4) is 0 Å². The van der Waals surface area contributed by atoms with E-state index in [2.05, 4.69) is 46.8 Å². The molecule has 0 aromatic heterocycles. The van der Waals surface area contributed by atoms with Crippen molar-refractivity contribution in [2.75, 3.05) is 19.6 Å². The fraction of sp³-hybridized carbons (Fsp3) is 0.655. The molecule has 0 bridgehead atoms.